The molecule has 0 saturated carbocycles. The predicted octanol–water partition coefficient (Wildman–Crippen LogP) is 1.05. The van der Waals surface area contributed by atoms with E-state index in [0.717, 1.165) is 6.42 Å². The van der Waals surface area contributed by atoms with Gasteiger partial charge in [-0.3, -0.25) is 9.69 Å². The number of carbonyl (C=O) groups is 1. The first kappa shape index (κ1) is 10.4. The summed E-state index contributed by atoms with van der Waals surface area (Å²) in [6, 6.07) is -0.347. The van der Waals surface area contributed by atoms with Crippen LogP contribution in [0.5, 0.6) is 0 Å². The summed E-state index contributed by atoms with van der Waals surface area (Å²) in [6.07, 6.45) is 0.898. The highest BCUT2D eigenvalue weighted by atomic mass is 16.4. The van der Waals surface area contributed by atoms with Gasteiger partial charge in [0.25, 0.3) is 0 Å². The number of hydrogen-bond donors (Lipinski definition) is 1. The van der Waals surface area contributed by atoms with Crippen molar-refractivity contribution in [1.82, 2.24) is 4.90 Å². The largest absolute Gasteiger partial charge is 0.480 e. The minimum Gasteiger partial charge on any atom is -0.480 e. The molecular weight excluding hydrogens is 142 g/mol. The summed E-state index contributed by atoms with van der Waals surface area (Å²) >= 11 is 0. The topological polar surface area (TPSA) is 40.5 Å². The van der Waals surface area contributed by atoms with Crippen molar-refractivity contribution < 1.29 is 9.90 Å². The molecule has 1 N–H and O–H groups in total. The summed E-state index contributed by atoms with van der Waals surface area (Å²) in [7, 11) is 3.59. The van der Waals surface area contributed by atoms with Crippen molar-refractivity contribution in [3.8, 4) is 0 Å². The fourth-order valence-electron chi connectivity index (χ4n) is 1.20. The monoisotopic (exact) mass is 159 g/mol. The highest BCUT2D eigenvalue weighted by Gasteiger charge is 2.24. The van der Waals surface area contributed by atoms with Gasteiger partial charge >= 0.3 is 5.97 Å². The minimum absolute atomic E-state index is 0.211. The van der Waals surface area contributed by atoms with Crippen LogP contribution in [0.2, 0.25) is 0 Å². The Kier molecular flexibility index (Phi) is 4.11. The molecule has 0 aliphatic heterocycles. The zero-order valence-electron chi connectivity index (χ0n) is 7.66. The van der Waals surface area contributed by atoms with Gasteiger partial charge in [-0.25, -0.2) is 0 Å². The standard InChI is InChI=1S/C8H17NO2/c1-5-6(2)7(8(10)11)9(3)4/h6-7H,5H2,1-4H3,(H,10,11)/t6-,7-/m1/s1. The lowest BCUT2D eigenvalue weighted by atomic mass is 9.99. The molecule has 0 radical (unpaired) electrons. The second kappa shape index (κ2) is 4.34. The van der Waals surface area contributed by atoms with E-state index in [1.165, 1.54) is 0 Å². The summed E-state index contributed by atoms with van der Waals surface area (Å²) in [6.45, 7) is 3.96. The molecule has 66 valence electrons. The van der Waals surface area contributed by atoms with Gasteiger partial charge in [-0.15, -0.1) is 0 Å². The maximum absolute atomic E-state index is 10.7. The molecule has 0 aliphatic carbocycles. The van der Waals surface area contributed by atoms with E-state index in [4.69, 9.17) is 5.11 Å². The molecule has 0 aliphatic rings. The van der Waals surface area contributed by atoms with E-state index in [1.54, 1.807) is 19.0 Å². The molecule has 0 aromatic carbocycles. The first-order chi connectivity index (χ1) is 5.00. The first-order valence-corrected chi connectivity index (χ1v) is 3.90. The maximum atomic E-state index is 10.7. The number of rotatable bonds is 4. The van der Waals surface area contributed by atoms with Gasteiger partial charge in [-0.1, -0.05) is 20.3 Å². The minimum atomic E-state index is -0.732. The van der Waals surface area contributed by atoms with Crippen LogP contribution in [0.15, 0.2) is 0 Å². The highest BCUT2D eigenvalue weighted by Crippen LogP contribution is 2.11. The zero-order valence-corrected chi connectivity index (χ0v) is 7.66. The maximum Gasteiger partial charge on any atom is 0.321 e. The van der Waals surface area contributed by atoms with Crippen molar-refractivity contribution in [2.45, 2.75) is 26.3 Å². The number of carboxylic acid groups (broad SMARTS) is 1. The quantitative estimate of drug-likeness (QED) is 0.666. The number of aliphatic carboxylic acids is 1. The van der Waals surface area contributed by atoms with E-state index in [-0.39, 0.29) is 12.0 Å². The van der Waals surface area contributed by atoms with Crippen molar-refractivity contribution in [3.05, 3.63) is 0 Å². The van der Waals surface area contributed by atoms with Gasteiger partial charge in [-0.2, -0.15) is 0 Å². The van der Waals surface area contributed by atoms with Crippen LogP contribution in [-0.4, -0.2) is 36.1 Å². The molecular formula is C8H17NO2. The lowest BCUT2D eigenvalue weighted by Gasteiger charge is -2.25. The average Bonchev–Trinajstić information content (AvgIpc) is 1.85. The molecule has 0 spiro atoms. The fraction of sp³-hybridized carbons (Fsp3) is 0.875. The van der Waals surface area contributed by atoms with Gasteiger partial charge in [0.15, 0.2) is 0 Å². The molecule has 0 bridgehead atoms. The average molecular weight is 159 g/mol. The second-order valence-electron chi connectivity index (χ2n) is 3.13. The van der Waals surface area contributed by atoms with E-state index in [9.17, 15) is 4.79 Å². The number of hydrogen-bond acceptors (Lipinski definition) is 2. The van der Waals surface area contributed by atoms with E-state index in [1.807, 2.05) is 13.8 Å². The molecule has 0 heterocycles. The summed E-state index contributed by atoms with van der Waals surface area (Å²) < 4.78 is 0. The van der Waals surface area contributed by atoms with Crippen LogP contribution in [0.1, 0.15) is 20.3 Å². The Morgan fingerprint density at radius 2 is 2.00 bits per heavy atom. The molecule has 0 amide bonds. The molecule has 0 rings (SSSR count). The summed E-state index contributed by atoms with van der Waals surface area (Å²) in [5.41, 5.74) is 0. The van der Waals surface area contributed by atoms with Gasteiger partial charge in [-0.05, 0) is 20.0 Å². The van der Waals surface area contributed by atoms with Crippen LogP contribution >= 0.6 is 0 Å². The van der Waals surface area contributed by atoms with Gasteiger partial charge in [0.1, 0.15) is 6.04 Å². The molecule has 2 atom stereocenters. The van der Waals surface area contributed by atoms with Crippen molar-refractivity contribution in [1.29, 1.82) is 0 Å². The molecule has 0 aromatic rings. The molecule has 0 saturated heterocycles. The third-order valence-corrected chi connectivity index (χ3v) is 1.99. The van der Waals surface area contributed by atoms with Crippen LogP contribution in [-0.2, 0) is 4.79 Å². The second-order valence-corrected chi connectivity index (χ2v) is 3.13. The molecule has 3 heteroatoms. The lowest BCUT2D eigenvalue weighted by Crippen LogP contribution is -2.40. The predicted molar refractivity (Wildman–Crippen MR) is 44.6 cm³/mol. The van der Waals surface area contributed by atoms with Crippen molar-refractivity contribution in [3.63, 3.8) is 0 Å². The Bertz CT molecular complexity index is 134. The summed E-state index contributed by atoms with van der Waals surface area (Å²) in [5.74, 6) is -0.521. The number of carboxylic acids is 1. The summed E-state index contributed by atoms with van der Waals surface area (Å²) in [4.78, 5) is 12.4. The fourth-order valence-corrected chi connectivity index (χ4v) is 1.20. The van der Waals surface area contributed by atoms with Gasteiger partial charge in [0.05, 0.1) is 0 Å². The molecule has 0 unspecified atom stereocenters. The smallest absolute Gasteiger partial charge is 0.321 e. The molecule has 0 fully saturated rings. The van der Waals surface area contributed by atoms with E-state index < -0.39 is 5.97 Å². The van der Waals surface area contributed by atoms with E-state index in [0.29, 0.717) is 0 Å². The van der Waals surface area contributed by atoms with Gasteiger partial charge < -0.3 is 5.11 Å². The highest BCUT2D eigenvalue weighted by molar-refractivity contribution is 5.73. The Morgan fingerprint density at radius 1 is 1.55 bits per heavy atom. The van der Waals surface area contributed by atoms with Crippen molar-refractivity contribution in [2.75, 3.05) is 14.1 Å². The molecule has 0 aromatic heterocycles. The Morgan fingerprint density at radius 3 is 2.09 bits per heavy atom. The van der Waals surface area contributed by atoms with Crippen LogP contribution < -0.4 is 0 Å². The molecule has 11 heavy (non-hydrogen) atoms. The lowest BCUT2D eigenvalue weighted by molar-refractivity contribution is -0.144. The van der Waals surface area contributed by atoms with Crippen molar-refractivity contribution in [2.24, 2.45) is 5.92 Å². The van der Waals surface area contributed by atoms with Gasteiger partial charge in [0.2, 0.25) is 0 Å². The van der Waals surface area contributed by atoms with E-state index >= 15 is 0 Å². The normalized spacial score (nSPS) is 16.5. The molecule has 3 nitrogen and oxygen atoms in total. The van der Waals surface area contributed by atoms with Crippen molar-refractivity contribution >= 4 is 5.97 Å². The van der Waals surface area contributed by atoms with Crippen LogP contribution in [0.3, 0.4) is 0 Å². The summed E-state index contributed by atoms with van der Waals surface area (Å²) in [5, 5.41) is 8.80. The first-order valence-electron chi connectivity index (χ1n) is 3.90. The van der Waals surface area contributed by atoms with Crippen LogP contribution in [0.25, 0.3) is 0 Å². The number of likely N-dealkylation sites (N-methyl/N-ethyl adjacent to an activating group) is 1. The third kappa shape index (κ3) is 2.89. The zero-order chi connectivity index (χ0) is 9.02. The van der Waals surface area contributed by atoms with Gasteiger partial charge in [0, 0.05) is 0 Å². The third-order valence-electron chi connectivity index (χ3n) is 1.99. The van der Waals surface area contributed by atoms with Crippen LogP contribution in [0.4, 0.5) is 0 Å². The Balaban J connectivity index is 4.21. The van der Waals surface area contributed by atoms with Crippen LogP contribution in [0, 0.1) is 5.92 Å². The SMILES string of the molecule is CC[C@@H](C)[C@H](C(=O)O)N(C)C. The Labute approximate surface area is 68.0 Å². The Hall–Kier alpha value is -0.570. The number of nitrogens with zero attached hydrogens (tertiary/aromatic N) is 1. The van der Waals surface area contributed by atoms with E-state index in [2.05, 4.69) is 0 Å².